The van der Waals surface area contributed by atoms with Crippen LogP contribution in [-0.2, 0) is 21.1 Å². The Hall–Kier alpha value is -2.41. The van der Waals surface area contributed by atoms with Crippen molar-refractivity contribution in [3.63, 3.8) is 0 Å². The van der Waals surface area contributed by atoms with Gasteiger partial charge in [-0.3, -0.25) is 4.90 Å². The lowest BCUT2D eigenvalue weighted by atomic mass is 10.1. The molecule has 3 aromatic rings. The van der Waals surface area contributed by atoms with Gasteiger partial charge in [0.25, 0.3) is 0 Å². The number of rotatable bonds is 5. The van der Waals surface area contributed by atoms with Crippen molar-refractivity contribution >= 4 is 43.2 Å². The molecule has 2 aliphatic heterocycles. The smallest absolute Gasteiger partial charge is 0.219 e. The second-order valence-electron chi connectivity index (χ2n) is 8.53. The second kappa shape index (κ2) is 9.09. The third-order valence-electron chi connectivity index (χ3n) is 6.16. The predicted molar refractivity (Wildman–Crippen MR) is 129 cm³/mol. The summed E-state index contributed by atoms with van der Waals surface area (Å²) in [5.74, 6) is 1.69. The van der Waals surface area contributed by atoms with Gasteiger partial charge < -0.3 is 15.4 Å². The van der Waals surface area contributed by atoms with E-state index in [0.717, 1.165) is 54.3 Å². The Kier molecular flexibility index (Phi) is 6.16. The quantitative estimate of drug-likeness (QED) is 0.564. The lowest BCUT2D eigenvalue weighted by Crippen LogP contribution is -2.38. The molecule has 0 unspecified atom stereocenters. The fourth-order valence-corrected chi connectivity index (χ4v) is 6.55. The Bertz CT molecular complexity index is 1230. The molecule has 5 heterocycles. The van der Waals surface area contributed by atoms with E-state index in [4.69, 9.17) is 20.4 Å². The highest BCUT2D eigenvalue weighted by atomic mass is 32.2. The normalized spacial score (nSPS) is 18.8. The molecule has 2 saturated heterocycles. The number of aromatic nitrogens is 4. The molecule has 10 nitrogen and oxygen atoms in total. The third-order valence-corrected chi connectivity index (χ3v) is 8.95. The van der Waals surface area contributed by atoms with Gasteiger partial charge in [0.2, 0.25) is 5.95 Å². The lowest BCUT2D eigenvalue weighted by Gasteiger charge is -2.30. The van der Waals surface area contributed by atoms with Gasteiger partial charge in [-0.2, -0.15) is 0 Å². The molecule has 2 N–H and O–H groups in total. The highest BCUT2D eigenvalue weighted by Gasteiger charge is 2.27. The van der Waals surface area contributed by atoms with E-state index in [2.05, 4.69) is 25.8 Å². The van der Waals surface area contributed by atoms with Gasteiger partial charge in [0, 0.05) is 43.2 Å². The van der Waals surface area contributed by atoms with Crippen LogP contribution in [0.2, 0.25) is 0 Å². The minimum absolute atomic E-state index is 0.214. The van der Waals surface area contributed by atoms with E-state index >= 15 is 0 Å². The number of thiophene rings is 1. The fourth-order valence-electron chi connectivity index (χ4n) is 4.33. The maximum absolute atomic E-state index is 11.9. The Morgan fingerprint density at radius 2 is 1.82 bits per heavy atom. The van der Waals surface area contributed by atoms with Crippen LogP contribution in [-0.4, -0.2) is 84.2 Å². The molecule has 5 rings (SSSR count). The second-order valence-corrected chi connectivity index (χ2v) is 12.0. The molecule has 0 radical (unpaired) electrons. The molecule has 12 heteroatoms. The minimum atomic E-state index is -2.97. The molecule has 0 bridgehead atoms. The summed E-state index contributed by atoms with van der Waals surface area (Å²) in [5, 5.41) is -0.223. The number of hydrogen-bond acceptors (Lipinski definition) is 11. The van der Waals surface area contributed by atoms with E-state index in [0.29, 0.717) is 31.9 Å². The van der Waals surface area contributed by atoms with Crippen LogP contribution < -0.4 is 10.6 Å². The molecule has 2 fully saturated rings. The number of anilines is 2. The number of nitrogen functional groups attached to an aromatic ring is 1. The van der Waals surface area contributed by atoms with Crippen LogP contribution in [0, 0.1) is 0 Å². The zero-order valence-corrected chi connectivity index (χ0v) is 20.1. The van der Waals surface area contributed by atoms with E-state index in [-0.39, 0.29) is 11.2 Å². The molecule has 0 spiro atoms. The maximum atomic E-state index is 11.9. The molecule has 0 atom stereocenters. The Balaban J connectivity index is 1.45. The first kappa shape index (κ1) is 22.4. The summed E-state index contributed by atoms with van der Waals surface area (Å²) in [4.78, 5) is 23.6. The topological polar surface area (TPSA) is 127 Å². The summed E-state index contributed by atoms with van der Waals surface area (Å²) in [6.45, 7) is 5.22. The van der Waals surface area contributed by atoms with Crippen molar-refractivity contribution in [2.45, 2.75) is 24.6 Å². The summed E-state index contributed by atoms with van der Waals surface area (Å²) in [5.41, 5.74) is 7.26. The average molecular weight is 490 g/mol. The van der Waals surface area contributed by atoms with Crippen molar-refractivity contribution in [3.8, 4) is 11.4 Å². The largest absolute Gasteiger partial charge is 0.378 e. The number of nitrogens with zero attached hydrogens (tertiary/aromatic N) is 6. The molecule has 176 valence electrons. The van der Waals surface area contributed by atoms with Crippen molar-refractivity contribution < 1.29 is 13.2 Å². The lowest BCUT2D eigenvalue weighted by molar-refractivity contribution is 0.122. The van der Waals surface area contributed by atoms with E-state index in [1.165, 1.54) is 11.1 Å². The average Bonchev–Trinajstić information content (AvgIpc) is 3.21. The minimum Gasteiger partial charge on any atom is -0.378 e. The molecule has 0 amide bonds. The van der Waals surface area contributed by atoms with Crippen LogP contribution in [0.3, 0.4) is 0 Å². The Morgan fingerprint density at radius 1 is 1.12 bits per heavy atom. The third kappa shape index (κ3) is 4.93. The Morgan fingerprint density at radius 3 is 2.48 bits per heavy atom. The maximum Gasteiger partial charge on any atom is 0.219 e. The van der Waals surface area contributed by atoms with Gasteiger partial charge in [-0.25, -0.2) is 28.4 Å². The summed E-state index contributed by atoms with van der Waals surface area (Å²) >= 11 is 1.71. The molecule has 0 aromatic carbocycles. The van der Waals surface area contributed by atoms with Crippen LogP contribution in [0.25, 0.3) is 21.6 Å². The molecule has 3 aromatic heterocycles. The van der Waals surface area contributed by atoms with Crippen LogP contribution >= 0.6 is 11.3 Å². The number of morpholine rings is 1. The number of hydrogen-bond donors (Lipinski definition) is 1. The number of likely N-dealkylation sites (tertiary alicyclic amines) is 1. The number of ether oxygens (including phenoxy) is 1. The van der Waals surface area contributed by atoms with Crippen LogP contribution in [0.5, 0.6) is 0 Å². The monoisotopic (exact) mass is 489 g/mol. The number of nitrogens with two attached hydrogens (primary N) is 1. The van der Waals surface area contributed by atoms with Gasteiger partial charge in [-0.15, -0.1) is 11.3 Å². The zero-order valence-electron chi connectivity index (χ0n) is 18.5. The molecular formula is C21H27N7O3S2. The number of fused-ring (bicyclic) bond motifs is 1. The summed E-state index contributed by atoms with van der Waals surface area (Å²) in [6.07, 6.45) is 6.00. The van der Waals surface area contributed by atoms with E-state index in [1.807, 2.05) is 0 Å². The van der Waals surface area contributed by atoms with Crippen LogP contribution in [0.4, 0.5) is 11.8 Å². The van der Waals surface area contributed by atoms with Crippen LogP contribution in [0.15, 0.2) is 18.5 Å². The first-order valence-corrected chi connectivity index (χ1v) is 13.8. The summed E-state index contributed by atoms with van der Waals surface area (Å²) in [7, 11) is -2.97. The van der Waals surface area contributed by atoms with Gasteiger partial charge in [0.15, 0.2) is 11.6 Å². The molecular weight excluding hydrogens is 462 g/mol. The van der Waals surface area contributed by atoms with Crippen molar-refractivity contribution in [1.29, 1.82) is 0 Å². The molecule has 0 aliphatic carbocycles. The van der Waals surface area contributed by atoms with Gasteiger partial charge in [-0.1, -0.05) is 0 Å². The Labute approximate surface area is 196 Å². The highest BCUT2D eigenvalue weighted by Crippen LogP contribution is 2.35. The van der Waals surface area contributed by atoms with Crippen molar-refractivity contribution in [2.75, 3.05) is 56.3 Å². The van der Waals surface area contributed by atoms with Gasteiger partial charge in [0.1, 0.15) is 9.84 Å². The molecule has 33 heavy (non-hydrogen) atoms. The first-order chi connectivity index (χ1) is 15.9. The SMILES string of the molecule is CS(=O)(=O)C1CCN(Cc2cc3nc(-c4cnc(N)nc4)nc(N4CCOCC4)c3s2)CC1. The summed E-state index contributed by atoms with van der Waals surface area (Å²) < 4.78 is 30.3. The van der Waals surface area contributed by atoms with Gasteiger partial charge >= 0.3 is 0 Å². The van der Waals surface area contributed by atoms with E-state index in [1.54, 1.807) is 23.7 Å². The zero-order chi connectivity index (χ0) is 23.0. The van der Waals surface area contributed by atoms with E-state index < -0.39 is 9.84 Å². The van der Waals surface area contributed by atoms with Gasteiger partial charge in [0.05, 0.1) is 34.2 Å². The number of sulfone groups is 1. The fraction of sp³-hybridized carbons (Fsp3) is 0.524. The first-order valence-electron chi connectivity index (χ1n) is 11.0. The van der Waals surface area contributed by atoms with Crippen molar-refractivity contribution in [1.82, 2.24) is 24.8 Å². The predicted octanol–water partition coefficient (Wildman–Crippen LogP) is 1.58. The van der Waals surface area contributed by atoms with Gasteiger partial charge in [-0.05, 0) is 32.0 Å². The number of piperidine rings is 1. The van der Waals surface area contributed by atoms with Crippen molar-refractivity contribution in [2.24, 2.45) is 0 Å². The molecule has 2 aliphatic rings. The summed E-state index contributed by atoms with van der Waals surface area (Å²) in [6, 6.07) is 2.12. The van der Waals surface area contributed by atoms with Crippen LogP contribution in [0.1, 0.15) is 17.7 Å². The molecule has 0 saturated carbocycles. The van der Waals surface area contributed by atoms with E-state index in [9.17, 15) is 8.42 Å². The highest BCUT2D eigenvalue weighted by molar-refractivity contribution is 7.91. The van der Waals surface area contributed by atoms with Crippen molar-refractivity contribution in [3.05, 3.63) is 23.3 Å². The standard InChI is InChI=1S/C21H27N7O3S2/c1-33(29,30)16-2-4-27(5-3-16)13-15-10-17-18(32-15)20(28-6-8-31-9-7-28)26-19(25-17)14-11-23-21(22)24-12-14/h10-12,16H,2-9,13H2,1H3,(H2,22,23,24).